The van der Waals surface area contributed by atoms with Crippen molar-refractivity contribution in [1.82, 2.24) is 0 Å². The van der Waals surface area contributed by atoms with Gasteiger partial charge in [0.1, 0.15) is 0 Å². The summed E-state index contributed by atoms with van der Waals surface area (Å²) in [5.74, 6) is -0.676. The third-order valence-electron chi connectivity index (χ3n) is 4.46. The largest absolute Gasteiger partial charge is 0.347 e. The Kier molecular flexibility index (Phi) is 4.54. The topological polar surface area (TPSA) is 61.8 Å². The van der Waals surface area contributed by atoms with Crippen LogP contribution in [0, 0.1) is 12.8 Å². The summed E-state index contributed by atoms with van der Waals surface area (Å²) in [6.45, 7) is 3.16. The van der Waals surface area contributed by atoms with Crippen LogP contribution in [0.1, 0.15) is 31.2 Å². The van der Waals surface area contributed by atoms with Crippen LogP contribution in [0.3, 0.4) is 0 Å². The molecule has 0 bridgehead atoms. The predicted octanol–water partition coefficient (Wildman–Crippen LogP) is 2.63. The third-order valence-corrected chi connectivity index (χ3v) is 5.76. The Hall–Kier alpha value is -0.950. The van der Waals surface area contributed by atoms with Crippen molar-refractivity contribution in [3.05, 3.63) is 29.8 Å². The second-order valence-electron chi connectivity index (χ2n) is 6.00. The molecule has 2 aliphatic rings. The highest BCUT2D eigenvalue weighted by molar-refractivity contribution is 7.86. The van der Waals surface area contributed by atoms with Crippen molar-refractivity contribution in [3.8, 4) is 0 Å². The van der Waals surface area contributed by atoms with Gasteiger partial charge in [-0.15, -0.1) is 0 Å². The number of benzene rings is 1. The van der Waals surface area contributed by atoms with Crippen LogP contribution < -0.4 is 0 Å². The molecule has 122 valence electrons. The molecule has 1 heterocycles. The zero-order valence-corrected chi connectivity index (χ0v) is 13.6. The van der Waals surface area contributed by atoms with Gasteiger partial charge in [-0.2, -0.15) is 8.42 Å². The minimum absolute atomic E-state index is 0.0380. The normalized spacial score (nSPS) is 24.7. The summed E-state index contributed by atoms with van der Waals surface area (Å²) in [5.41, 5.74) is 1.01. The van der Waals surface area contributed by atoms with E-state index in [2.05, 4.69) is 0 Å². The first kappa shape index (κ1) is 15.9. The van der Waals surface area contributed by atoms with E-state index in [9.17, 15) is 8.42 Å². The van der Waals surface area contributed by atoms with Crippen LogP contribution in [0.15, 0.2) is 29.2 Å². The second kappa shape index (κ2) is 6.28. The average Bonchev–Trinajstić information content (AvgIpc) is 2.96. The fraction of sp³-hybridized carbons (Fsp3) is 0.625. The van der Waals surface area contributed by atoms with E-state index in [-0.39, 0.29) is 17.4 Å². The van der Waals surface area contributed by atoms with Gasteiger partial charge in [-0.1, -0.05) is 24.1 Å². The minimum Gasteiger partial charge on any atom is -0.347 e. The highest BCUT2D eigenvalue weighted by atomic mass is 32.2. The first-order chi connectivity index (χ1) is 10.5. The Morgan fingerprint density at radius 2 is 1.86 bits per heavy atom. The second-order valence-corrected chi connectivity index (χ2v) is 7.62. The zero-order valence-electron chi connectivity index (χ0n) is 12.8. The standard InChI is InChI=1S/C16H22O5S/c1-13-5-7-15(8-6-13)22(17,18)21-12-14-4-2-3-9-16(14)19-10-11-20-16/h5-8,14H,2-4,9-12H2,1H3. The van der Waals surface area contributed by atoms with E-state index in [1.54, 1.807) is 24.3 Å². The molecule has 3 rings (SSSR count). The molecular weight excluding hydrogens is 304 g/mol. The fourth-order valence-electron chi connectivity index (χ4n) is 3.19. The van der Waals surface area contributed by atoms with Crippen LogP contribution >= 0.6 is 0 Å². The number of aryl methyl sites for hydroxylation is 1. The van der Waals surface area contributed by atoms with E-state index >= 15 is 0 Å². The third kappa shape index (κ3) is 3.20. The lowest BCUT2D eigenvalue weighted by Gasteiger charge is -2.38. The van der Waals surface area contributed by atoms with Crippen LogP contribution in [0.5, 0.6) is 0 Å². The Morgan fingerprint density at radius 1 is 1.18 bits per heavy atom. The Labute approximate surface area is 131 Å². The van der Waals surface area contributed by atoms with E-state index < -0.39 is 15.9 Å². The van der Waals surface area contributed by atoms with Crippen molar-refractivity contribution in [2.75, 3.05) is 19.8 Å². The number of hydrogen-bond acceptors (Lipinski definition) is 5. The van der Waals surface area contributed by atoms with E-state index in [1.807, 2.05) is 6.92 Å². The molecule has 1 aliphatic carbocycles. The summed E-state index contributed by atoms with van der Waals surface area (Å²) in [4.78, 5) is 0.191. The highest BCUT2D eigenvalue weighted by Gasteiger charge is 2.46. The van der Waals surface area contributed by atoms with Gasteiger partial charge in [-0.05, 0) is 31.9 Å². The molecule has 1 saturated heterocycles. The monoisotopic (exact) mass is 326 g/mol. The summed E-state index contributed by atoms with van der Waals surface area (Å²) in [6.07, 6.45) is 3.77. The summed E-state index contributed by atoms with van der Waals surface area (Å²) >= 11 is 0. The lowest BCUT2D eigenvalue weighted by Crippen LogP contribution is -2.44. The molecule has 1 aromatic rings. The summed E-state index contributed by atoms with van der Waals surface area (Å²) in [7, 11) is -3.73. The lowest BCUT2D eigenvalue weighted by atomic mass is 9.84. The van der Waals surface area contributed by atoms with Crippen LogP contribution in [0.25, 0.3) is 0 Å². The van der Waals surface area contributed by atoms with E-state index in [4.69, 9.17) is 13.7 Å². The summed E-state index contributed by atoms with van der Waals surface area (Å²) in [5, 5.41) is 0. The van der Waals surface area contributed by atoms with Crippen molar-refractivity contribution < 1.29 is 22.1 Å². The van der Waals surface area contributed by atoms with Gasteiger partial charge >= 0.3 is 0 Å². The number of hydrogen-bond donors (Lipinski definition) is 0. The molecule has 1 aromatic carbocycles. The Bertz CT molecular complexity index is 602. The maximum absolute atomic E-state index is 12.3. The molecule has 0 aromatic heterocycles. The average molecular weight is 326 g/mol. The summed E-state index contributed by atoms with van der Waals surface area (Å²) < 4.78 is 41.4. The molecule has 1 atom stereocenters. The molecule has 0 radical (unpaired) electrons. The molecule has 2 fully saturated rings. The minimum atomic E-state index is -3.73. The zero-order chi connectivity index (χ0) is 15.6. The molecule has 22 heavy (non-hydrogen) atoms. The molecular formula is C16H22O5S. The highest BCUT2D eigenvalue weighted by Crippen LogP contribution is 2.40. The van der Waals surface area contributed by atoms with Gasteiger partial charge < -0.3 is 9.47 Å². The van der Waals surface area contributed by atoms with Crippen LogP contribution in [0.4, 0.5) is 0 Å². The predicted molar refractivity (Wildman–Crippen MR) is 80.9 cm³/mol. The van der Waals surface area contributed by atoms with Gasteiger partial charge in [-0.25, -0.2) is 0 Å². The molecule has 0 N–H and O–H groups in total. The molecule has 1 unspecified atom stereocenters. The van der Waals surface area contributed by atoms with Crippen LogP contribution in [-0.2, 0) is 23.8 Å². The SMILES string of the molecule is Cc1ccc(S(=O)(=O)OCC2CCCCC23OCCO3)cc1. The molecule has 0 amide bonds. The van der Waals surface area contributed by atoms with Crippen molar-refractivity contribution >= 4 is 10.1 Å². The lowest BCUT2D eigenvalue weighted by molar-refractivity contribution is -0.217. The summed E-state index contributed by atoms with van der Waals surface area (Å²) in [6, 6.07) is 6.68. The van der Waals surface area contributed by atoms with Gasteiger partial charge in [0, 0.05) is 12.3 Å². The van der Waals surface area contributed by atoms with Crippen molar-refractivity contribution in [2.45, 2.75) is 43.3 Å². The Balaban J connectivity index is 1.69. The first-order valence-corrected chi connectivity index (χ1v) is 9.17. The van der Waals surface area contributed by atoms with E-state index in [0.717, 1.165) is 31.2 Å². The van der Waals surface area contributed by atoms with Gasteiger partial charge in [0.2, 0.25) is 0 Å². The van der Waals surface area contributed by atoms with Gasteiger partial charge in [-0.3, -0.25) is 4.18 Å². The molecule has 1 spiro atoms. The van der Waals surface area contributed by atoms with E-state index in [1.165, 1.54) is 0 Å². The van der Waals surface area contributed by atoms with E-state index in [0.29, 0.717) is 13.2 Å². The smallest absolute Gasteiger partial charge is 0.296 e. The molecule has 1 aliphatic heterocycles. The number of rotatable bonds is 4. The molecule has 1 saturated carbocycles. The van der Waals surface area contributed by atoms with Crippen molar-refractivity contribution in [1.29, 1.82) is 0 Å². The van der Waals surface area contributed by atoms with Crippen LogP contribution in [0.2, 0.25) is 0 Å². The number of ether oxygens (including phenoxy) is 2. The molecule has 5 nitrogen and oxygen atoms in total. The Morgan fingerprint density at radius 3 is 2.55 bits per heavy atom. The first-order valence-electron chi connectivity index (χ1n) is 7.76. The van der Waals surface area contributed by atoms with Crippen molar-refractivity contribution in [2.24, 2.45) is 5.92 Å². The quantitative estimate of drug-likeness (QED) is 0.796. The molecule has 6 heteroatoms. The maximum atomic E-state index is 12.3. The van der Waals surface area contributed by atoms with Crippen molar-refractivity contribution in [3.63, 3.8) is 0 Å². The van der Waals surface area contributed by atoms with Crippen LogP contribution in [-0.4, -0.2) is 34.0 Å². The van der Waals surface area contributed by atoms with Gasteiger partial charge in [0.25, 0.3) is 10.1 Å². The van der Waals surface area contributed by atoms with Gasteiger partial charge in [0.05, 0.1) is 24.7 Å². The fourth-order valence-corrected chi connectivity index (χ4v) is 4.14. The maximum Gasteiger partial charge on any atom is 0.296 e. The van der Waals surface area contributed by atoms with Gasteiger partial charge in [0.15, 0.2) is 5.79 Å².